The van der Waals surface area contributed by atoms with E-state index in [9.17, 15) is 18.5 Å². The van der Waals surface area contributed by atoms with Crippen molar-refractivity contribution < 1.29 is 22.9 Å². The van der Waals surface area contributed by atoms with E-state index in [1.54, 1.807) is 24.3 Å². The second kappa shape index (κ2) is 12.1. The molecule has 1 aliphatic heterocycles. The summed E-state index contributed by atoms with van der Waals surface area (Å²) < 4.78 is 35.4. The van der Waals surface area contributed by atoms with Gasteiger partial charge in [-0.2, -0.15) is 0 Å². The molecule has 0 bridgehead atoms. The number of rotatable bonds is 8. The quantitative estimate of drug-likeness (QED) is 0.198. The molecule has 226 valence electrons. The maximum absolute atomic E-state index is 14.3. The molecule has 3 aromatic carbocycles. The molecule has 1 amide bonds. The molecule has 3 heterocycles. The number of aliphatic hydroxyl groups excluding tert-OH is 1. The smallest absolute Gasteiger partial charge is 0.270 e. The zero-order valence-electron chi connectivity index (χ0n) is 24.8. The van der Waals surface area contributed by atoms with Gasteiger partial charge in [-0.05, 0) is 63.1 Å². The SMILES string of the molecule is CC(C)(C)S(=O)N1Cc2cc(C(=O)NCc3ccccc3F)nc(-c3cccc(-c4cc5ccccc5o4)c3)c2[C@H]1CCO. The Hall–Kier alpha value is -4.18. The van der Waals surface area contributed by atoms with Crippen molar-refractivity contribution in [3.05, 3.63) is 113 Å². The van der Waals surface area contributed by atoms with Crippen molar-refractivity contribution in [3.8, 4) is 22.6 Å². The van der Waals surface area contributed by atoms with E-state index in [0.29, 0.717) is 30.0 Å². The zero-order valence-corrected chi connectivity index (χ0v) is 25.7. The Labute approximate surface area is 258 Å². The number of carbonyl (C=O) groups excluding carboxylic acids is 1. The van der Waals surface area contributed by atoms with Crippen LogP contribution >= 0.6 is 0 Å². The molecule has 2 N–H and O–H groups in total. The minimum atomic E-state index is -1.39. The van der Waals surface area contributed by atoms with E-state index >= 15 is 0 Å². The molecule has 44 heavy (non-hydrogen) atoms. The molecule has 7 nitrogen and oxygen atoms in total. The molecule has 0 fully saturated rings. The lowest BCUT2D eigenvalue weighted by atomic mass is 9.95. The number of furan rings is 1. The van der Waals surface area contributed by atoms with E-state index in [1.807, 2.05) is 79.7 Å². The molecule has 2 atom stereocenters. The largest absolute Gasteiger partial charge is 0.456 e. The summed E-state index contributed by atoms with van der Waals surface area (Å²) in [6.07, 6.45) is 0.353. The van der Waals surface area contributed by atoms with Gasteiger partial charge < -0.3 is 14.8 Å². The van der Waals surface area contributed by atoms with E-state index in [0.717, 1.165) is 33.2 Å². The molecule has 9 heteroatoms. The van der Waals surface area contributed by atoms with E-state index in [1.165, 1.54) is 6.07 Å². The van der Waals surface area contributed by atoms with Gasteiger partial charge in [-0.1, -0.05) is 54.6 Å². The standard InChI is InChI=1S/C35H34FN3O4S/c1-35(2,3)44(42)39-21-26-18-28(34(41)37-20-25-10-4-6-13-27(25)36)38-33(32(26)29(39)15-16-40)24-12-8-11-22(17-24)31-19-23-9-5-7-14-30(23)43-31/h4-14,17-19,29,40H,15-16,20-21H2,1-3H3,(H,37,41)/t29-,44?/m1/s1. The molecule has 6 rings (SSSR count). The van der Waals surface area contributed by atoms with Gasteiger partial charge in [-0.3, -0.25) is 4.79 Å². The topological polar surface area (TPSA) is 95.7 Å². The Morgan fingerprint density at radius 3 is 2.55 bits per heavy atom. The second-order valence-corrected chi connectivity index (χ2v) is 14.1. The Morgan fingerprint density at radius 2 is 1.80 bits per heavy atom. The first kappa shape index (κ1) is 29.9. The molecule has 2 aromatic heterocycles. The highest BCUT2D eigenvalue weighted by Crippen LogP contribution is 2.44. The van der Waals surface area contributed by atoms with Gasteiger partial charge in [0.1, 0.15) is 33.8 Å². The number of pyridine rings is 1. The van der Waals surface area contributed by atoms with Gasteiger partial charge in [0.25, 0.3) is 5.91 Å². The summed E-state index contributed by atoms with van der Waals surface area (Å²) in [7, 11) is -1.39. The van der Waals surface area contributed by atoms with Crippen LogP contribution in [-0.2, 0) is 24.1 Å². The first-order valence-electron chi connectivity index (χ1n) is 14.6. The number of para-hydroxylation sites is 1. The number of halogens is 1. The number of carbonyl (C=O) groups is 1. The Kier molecular flexibility index (Phi) is 8.20. The maximum atomic E-state index is 14.3. The van der Waals surface area contributed by atoms with Gasteiger partial charge in [-0.25, -0.2) is 17.9 Å². The van der Waals surface area contributed by atoms with Crippen LogP contribution in [0, 0.1) is 5.82 Å². The molecule has 0 saturated carbocycles. The van der Waals surface area contributed by atoms with Crippen LogP contribution in [0.25, 0.3) is 33.6 Å². The fourth-order valence-corrected chi connectivity index (χ4v) is 7.06. The fourth-order valence-electron chi connectivity index (χ4n) is 5.66. The van der Waals surface area contributed by atoms with E-state index in [4.69, 9.17) is 9.40 Å². The molecule has 5 aromatic rings. The minimum Gasteiger partial charge on any atom is -0.456 e. The van der Waals surface area contributed by atoms with Crippen LogP contribution in [0.3, 0.4) is 0 Å². The van der Waals surface area contributed by atoms with Gasteiger partial charge >= 0.3 is 0 Å². The summed E-state index contributed by atoms with van der Waals surface area (Å²) in [6.45, 7) is 5.98. The van der Waals surface area contributed by atoms with Gasteiger partial charge in [0.05, 0.1) is 16.5 Å². The average molecular weight is 612 g/mol. The molecular formula is C35H34FN3O4S. The predicted molar refractivity (Wildman–Crippen MR) is 170 cm³/mol. The van der Waals surface area contributed by atoms with Crippen LogP contribution < -0.4 is 5.32 Å². The van der Waals surface area contributed by atoms with Crippen molar-refractivity contribution in [2.75, 3.05) is 6.61 Å². The van der Waals surface area contributed by atoms with Crippen LogP contribution in [0.5, 0.6) is 0 Å². The van der Waals surface area contributed by atoms with E-state index < -0.39 is 27.5 Å². The van der Waals surface area contributed by atoms with Crippen LogP contribution in [0.2, 0.25) is 0 Å². The molecular weight excluding hydrogens is 577 g/mol. The summed E-state index contributed by atoms with van der Waals surface area (Å²) in [6, 6.07) is 25.2. The van der Waals surface area contributed by atoms with E-state index in [2.05, 4.69) is 5.32 Å². The first-order chi connectivity index (χ1) is 21.1. The first-order valence-corrected chi connectivity index (χ1v) is 15.7. The van der Waals surface area contributed by atoms with Crippen LogP contribution in [0.4, 0.5) is 4.39 Å². The number of benzene rings is 3. The van der Waals surface area contributed by atoms with Gasteiger partial charge in [0.15, 0.2) is 0 Å². The van der Waals surface area contributed by atoms with Crippen molar-refractivity contribution in [3.63, 3.8) is 0 Å². The fraction of sp³-hybridized carbons (Fsp3) is 0.257. The number of aliphatic hydroxyl groups is 1. The third-order valence-electron chi connectivity index (χ3n) is 7.77. The van der Waals surface area contributed by atoms with Crippen LogP contribution in [-0.4, -0.2) is 35.9 Å². The lowest BCUT2D eigenvalue weighted by molar-refractivity contribution is 0.0945. The Morgan fingerprint density at radius 1 is 1.05 bits per heavy atom. The number of fused-ring (bicyclic) bond motifs is 2. The number of nitrogens with one attached hydrogen (secondary N) is 1. The van der Waals surface area contributed by atoms with Gasteiger partial charge in [-0.15, -0.1) is 0 Å². The lowest BCUT2D eigenvalue weighted by Crippen LogP contribution is -2.36. The van der Waals surface area contributed by atoms with Crippen molar-refractivity contribution in [2.45, 2.75) is 51.1 Å². The second-order valence-electron chi connectivity index (χ2n) is 11.9. The summed E-state index contributed by atoms with van der Waals surface area (Å²) in [5.74, 6) is -0.143. The highest BCUT2D eigenvalue weighted by Gasteiger charge is 2.40. The number of amides is 1. The monoisotopic (exact) mass is 611 g/mol. The van der Waals surface area contributed by atoms with Crippen LogP contribution in [0.1, 0.15) is 60.4 Å². The highest BCUT2D eigenvalue weighted by molar-refractivity contribution is 7.84. The Bertz CT molecular complexity index is 1850. The number of hydrogen-bond acceptors (Lipinski definition) is 5. The molecule has 1 aliphatic rings. The normalized spacial score (nSPS) is 15.8. The molecule has 1 unspecified atom stereocenters. The van der Waals surface area contributed by atoms with E-state index in [-0.39, 0.29) is 24.9 Å². The van der Waals surface area contributed by atoms with Crippen molar-refractivity contribution in [1.82, 2.24) is 14.6 Å². The average Bonchev–Trinajstić information content (AvgIpc) is 3.61. The van der Waals surface area contributed by atoms with Crippen LogP contribution in [0.15, 0.2) is 89.3 Å². The van der Waals surface area contributed by atoms with Crippen molar-refractivity contribution in [2.24, 2.45) is 0 Å². The molecule has 0 aliphatic carbocycles. The lowest BCUT2D eigenvalue weighted by Gasteiger charge is -2.30. The number of nitrogens with zero attached hydrogens (tertiary/aromatic N) is 2. The summed E-state index contributed by atoms with van der Waals surface area (Å²) in [5.41, 5.74) is 5.16. The summed E-state index contributed by atoms with van der Waals surface area (Å²) >= 11 is 0. The minimum absolute atomic E-state index is 0.00838. The third kappa shape index (κ3) is 5.83. The number of hydrogen-bond donors (Lipinski definition) is 2. The Balaban J connectivity index is 1.45. The highest BCUT2D eigenvalue weighted by atomic mass is 32.2. The summed E-state index contributed by atoms with van der Waals surface area (Å²) in [4.78, 5) is 18.3. The maximum Gasteiger partial charge on any atom is 0.270 e. The molecule has 0 radical (unpaired) electrons. The van der Waals surface area contributed by atoms with Gasteiger partial charge in [0.2, 0.25) is 0 Å². The predicted octanol–water partition coefficient (Wildman–Crippen LogP) is 6.93. The number of aromatic nitrogens is 1. The zero-order chi connectivity index (χ0) is 31.0. The summed E-state index contributed by atoms with van der Waals surface area (Å²) in [5, 5.41) is 13.9. The molecule has 0 saturated heterocycles. The van der Waals surface area contributed by atoms with Crippen molar-refractivity contribution in [1.29, 1.82) is 0 Å². The van der Waals surface area contributed by atoms with Crippen molar-refractivity contribution >= 4 is 27.9 Å². The third-order valence-corrected chi connectivity index (χ3v) is 9.62. The van der Waals surface area contributed by atoms with Gasteiger partial charge in [0, 0.05) is 47.3 Å². The molecule has 0 spiro atoms.